The van der Waals surface area contributed by atoms with Gasteiger partial charge in [0.05, 0.1) is 18.6 Å². The summed E-state index contributed by atoms with van der Waals surface area (Å²) in [6, 6.07) is 21.3. The predicted octanol–water partition coefficient (Wildman–Crippen LogP) is 6.61. The molecule has 8 nitrogen and oxygen atoms in total. The molecule has 1 unspecified atom stereocenters. The van der Waals surface area contributed by atoms with Gasteiger partial charge in [-0.25, -0.2) is 13.5 Å². The quantitative estimate of drug-likeness (QED) is 0.171. The van der Waals surface area contributed by atoms with Crippen molar-refractivity contribution in [2.45, 2.75) is 38.3 Å². The lowest BCUT2D eigenvalue weighted by molar-refractivity contribution is -0.0455. The largest absolute Gasteiger partial charge is 0.388 e. The summed E-state index contributed by atoms with van der Waals surface area (Å²) in [5.41, 5.74) is 3.66. The molecular formula is C35H35F4N7O. The van der Waals surface area contributed by atoms with Gasteiger partial charge in [0.2, 0.25) is 0 Å². The third-order valence-corrected chi connectivity index (χ3v) is 8.72. The molecule has 1 N–H and O–H groups in total. The summed E-state index contributed by atoms with van der Waals surface area (Å²) >= 11 is 0. The van der Waals surface area contributed by atoms with E-state index in [1.807, 2.05) is 50.2 Å². The lowest BCUT2D eigenvalue weighted by atomic mass is 9.89. The second-order valence-electron chi connectivity index (χ2n) is 12.1. The first-order chi connectivity index (χ1) is 22.6. The van der Waals surface area contributed by atoms with Crippen molar-refractivity contribution in [1.82, 2.24) is 25.2 Å². The molecule has 1 aliphatic heterocycles. The topological polar surface area (TPSA) is 83.2 Å². The molecule has 5 aromatic rings. The number of tetrazole rings is 1. The summed E-state index contributed by atoms with van der Waals surface area (Å²) in [7, 11) is 0. The van der Waals surface area contributed by atoms with Gasteiger partial charge in [0.15, 0.2) is 0 Å². The summed E-state index contributed by atoms with van der Waals surface area (Å²) in [5.74, 6) is -7.17. The minimum atomic E-state index is -3.63. The van der Waals surface area contributed by atoms with Gasteiger partial charge < -0.3 is 14.9 Å². The number of aromatic nitrogens is 5. The second-order valence-corrected chi connectivity index (χ2v) is 12.1. The van der Waals surface area contributed by atoms with Gasteiger partial charge in [-0.3, -0.25) is 4.98 Å². The van der Waals surface area contributed by atoms with E-state index in [0.717, 1.165) is 71.8 Å². The van der Waals surface area contributed by atoms with Crippen LogP contribution in [0.25, 0.3) is 11.1 Å². The van der Waals surface area contributed by atoms with Gasteiger partial charge in [-0.2, -0.15) is 8.78 Å². The van der Waals surface area contributed by atoms with Crippen LogP contribution in [0.3, 0.4) is 0 Å². The van der Waals surface area contributed by atoms with Gasteiger partial charge in [0, 0.05) is 55.4 Å². The molecule has 2 aromatic heterocycles. The van der Waals surface area contributed by atoms with E-state index in [1.165, 1.54) is 12.3 Å². The fourth-order valence-electron chi connectivity index (χ4n) is 5.94. The number of rotatable bonds is 10. The van der Waals surface area contributed by atoms with Crippen LogP contribution in [0.2, 0.25) is 0 Å². The van der Waals surface area contributed by atoms with Crippen molar-refractivity contribution in [2.24, 2.45) is 5.92 Å². The van der Waals surface area contributed by atoms with E-state index >= 15 is 8.78 Å². The number of anilines is 2. The van der Waals surface area contributed by atoms with Crippen LogP contribution in [0.1, 0.15) is 42.7 Å². The number of pyridine rings is 1. The SMILES string of the molecule is CC(C)C(O)c1ccc(N2CCN(c3ccc(-c4ccc(C(F)(F)[C@H](Cn5cnnn5)c5ccc(F)cc5F)nc4)cc3)CC2)cc1. The molecular weight excluding hydrogens is 610 g/mol. The lowest BCUT2D eigenvalue weighted by Gasteiger charge is -2.37. The summed E-state index contributed by atoms with van der Waals surface area (Å²) in [5, 5.41) is 20.9. The fraction of sp³-hybridized carbons (Fsp3) is 0.314. The van der Waals surface area contributed by atoms with Crippen LogP contribution in [0.4, 0.5) is 28.9 Å². The predicted molar refractivity (Wildman–Crippen MR) is 171 cm³/mol. The first kappa shape index (κ1) is 32.1. The highest BCUT2D eigenvalue weighted by molar-refractivity contribution is 5.66. The number of hydrogen-bond acceptors (Lipinski definition) is 7. The van der Waals surface area contributed by atoms with Gasteiger partial charge in [-0.1, -0.05) is 50.2 Å². The van der Waals surface area contributed by atoms with Crippen molar-refractivity contribution in [3.8, 4) is 11.1 Å². The Morgan fingerprint density at radius 2 is 1.43 bits per heavy atom. The minimum Gasteiger partial charge on any atom is -0.388 e. The Kier molecular flexibility index (Phi) is 9.21. The Morgan fingerprint density at radius 1 is 0.809 bits per heavy atom. The fourth-order valence-corrected chi connectivity index (χ4v) is 5.94. The zero-order chi connectivity index (χ0) is 33.1. The Bertz CT molecular complexity index is 1760. The number of aliphatic hydroxyl groups excluding tert-OH is 1. The number of benzene rings is 3. The Balaban J connectivity index is 1.12. The number of halogens is 4. The maximum Gasteiger partial charge on any atom is 0.298 e. The van der Waals surface area contributed by atoms with Crippen molar-refractivity contribution in [2.75, 3.05) is 36.0 Å². The zero-order valence-electron chi connectivity index (χ0n) is 26.0. The lowest BCUT2D eigenvalue weighted by Crippen LogP contribution is -2.46. The number of aliphatic hydroxyl groups is 1. The zero-order valence-corrected chi connectivity index (χ0v) is 26.0. The number of piperazine rings is 1. The van der Waals surface area contributed by atoms with E-state index in [9.17, 15) is 13.9 Å². The summed E-state index contributed by atoms with van der Waals surface area (Å²) in [6.07, 6.45) is 2.06. The van der Waals surface area contributed by atoms with Crippen molar-refractivity contribution >= 4 is 11.4 Å². The number of hydrogen-bond donors (Lipinski definition) is 1. The van der Waals surface area contributed by atoms with Crippen LogP contribution >= 0.6 is 0 Å². The Labute approximate surface area is 270 Å². The molecule has 2 atom stereocenters. The van der Waals surface area contributed by atoms with Gasteiger partial charge in [-0.15, -0.1) is 5.10 Å². The smallest absolute Gasteiger partial charge is 0.298 e. The summed E-state index contributed by atoms with van der Waals surface area (Å²) < 4.78 is 61.3. The normalized spacial score (nSPS) is 15.2. The molecule has 0 amide bonds. The van der Waals surface area contributed by atoms with Crippen molar-refractivity contribution < 1.29 is 22.7 Å². The average molecular weight is 646 g/mol. The molecule has 0 aliphatic carbocycles. The molecule has 0 spiro atoms. The molecule has 3 aromatic carbocycles. The van der Waals surface area contributed by atoms with E-state index in [4.69, 9.17) is 0 Å². The monoisotopic (exact) mass is 645 g/mol. The van der Waals surface area contributed by atoms with Crippen molar-refractivity contribution in [3.63, 3.8) is 0 Å². The van der Waals surface area contributed by atoms with E-state index in [1.54, 1.807) is 6.07 Å². The molecule has 12 heteroatoms. The van der Waals surface area contributed by atoms with Crippen LogP contribution in [0.15, 0.2) is 91.4 Å². The van der Waals surface area contributed by atoms with Gasteiger partial charge in [0.25, 0.3) is 5.92 Å². The molecule has 0 radical (unpaired) electrons. The first-order valence-corrected chi connectivity index (χ1v) is 15.5. The van der Waals surface area contributed by atoms with Gasteiger partial charge in [0.1, 0.15) is 23.7 Å². The van der Waals surface area contributed by atoms with Crippen LogP contribution in [-0.2, 0) is 12.5 Å². The minimum absolute atomic E-state index is 0.157. The van der Waals surface area contributed by atoms with Gasteiger partial charge in [-0.05, 0) is 69.4 Å². The maximum atomic E-state index is 16.0. The average Bonchev–Trinajstić information content (AvgIpc) is 3.61. The van der Waals surface area contributed by atoms with E-state index in [0.29, 0.717) is 11.6 Å². The standard InChI is InChI=1S/C35H35F4N7O/c1-23(2)34(47)25-5-11-29(12-6-25)45-17-15-44(16-18-45)28-9-3-24(4-10-28)26-7-14-33(40-20-26)35(38,39)31(21-46-22-41-42-43-46)30-13-8-27(36)19-32(30)37/h3-14,19-20,22-23,31,34,47H,15-18,21H2,1-2H3/t31-,34?/m1/s1. The molecule has 0 saturated carbocycles. The molecule has 0 bridgehead atoms. The van der Waals surface area contributed by atoms with Crippen LogP contribution in [0.5, 0.6) is 0 Å². The maximum absolute atomic E-state index is 16.0. The molecule has 1 aliphatic rings. The highest BCUT2D eigenvalue weighted by atomic mass is 19.3. The number of nitrogens with zero attached hydrogens (tertiary/aromatic N) is 7. The molecule has 6 rings (SSSR count). The van der Waals surface area contributed by atoms with Crippen molar-refractivity contribution in [3.05, 3.63) is 120 Å². The van der Waals surface area contributed by atoms with Crippen LogP contribution in [0, 0.1) is 17.6 Å². The Hall–Kier alpha value is -4.84. The Morgan fingerprint density at radius 3 is 1.96 bits per heavy atom. The molecule has 47 heavy (non-hydrogen) atoms. The first-order valence-electron chi connectivity index (χ1n) is 15.5. The van der Waals surface area contributed by atoms with Gasteiger partial charge >= 0.3 is 0 Å². The molecule has 3 heterocycles. The van der Waals surface area contributed by atoms with Crippen LogP contribution in [-0.4, -0.2) is 56.5 Å². The highest BCUT2D eigenvalue weighted by Gasteiger charge is 2.45. The van der Waals surface area contributed by atoms with Crippen LogP contribution < -0.4 is 9.80 Å². The highest BCUT2D eigenvalue weighted by Crippen LogP contribution is 2.43. The second kappa shape index (κ2) is 13.5. The molecule has 244 valence electrons. The van der Waals surface area contributed by atoms with E-state index in [2.05, 4.69) is 42.4 Å². The molecule has 1 fully saturated rings. The van der Waals surface area contributed by atoms with E-state index < -0.39 is 41.8 Å². The summed E-state index contributed by atoms with van der Waals surface area (Å²) in [6.45, 7) is 6.92. The molecule has 1 saturated heterocycles. The third kappa shape index (κ3) is 6.97. The summed E-state index contributed by atoms with van der Waals surface area (Å²) in [4.78, 5) is 8.72. The van der Waals surface area contributed by atoms with Crippen molar-refractivity contribution in [1.29, 1.82) is 0 Å². The third-order valence-electron chi connectivity index (χ3n) is 8.72. The van der Waals surface area contributed by atoms with E-state index in [-0.39, 0.29) is 11.5 Å². The number of alkyl halides is 2.